The van der Waals surface area contributed by atoms with E-state index in [0.717, 1.165) is 36.9 Å². The fraction of sp³-hybridized carbons (Fsp3) is 0.632. The zero-order chi connectivity index (χ0) is 16.1. The predicted octanol–water partition coefficient (Wildman–Crippen LogP) is 4.11. The standard InChI is InChI=1S/C19H27BrN2O/c20-17-8-6-15(7-9-17)14-22-12-10-16(11-13-22)19(23)21-18-4-2-1-3-5-18/h6-9,16,18H,1-5,10-14H2,(H,21,23). The van der Waals surface area contributed by atoms with E-state index in [2.05, 4.69) is 50.4 Å². The van der Waals surface area contributed by atoms with Gasteiger partial charge in [0.25, 0.3) is 0 Å². The summed E-state index contributed by atoms with van der Waals surface area (Å²) in [4.78, 5) is 14.9. The highest BCUT2D eigenvalue weighted by molar-refractivity contribution is 9.10. The molecule has 0 spiro atoms. The minimum absolute atomic E-state index is 0.220. The minimum atomic E-state index is 0.220. The molecule has 126 valence electrons. The Balaban J connectivity index is 1.42. The van der Waals surface area contributed by atoms with Crippen LogP contribution in [0.1, 0.15) is 50.5 Å². The Morgan fingerprint density at radius 3 is 2.35 bits per heavy atom. The molecule has 1 saturated carbocycles. The van der Waals surface area contributed by atoms with Crippen molar-refractivity contribution in [1.29, 1.82) is 0 Å². The van der Waals surface area contributed by atoms with Gasteiger partial charge >= 0.3 is 0 Å². The molecule has 1 aromatic rings. The average molecular weight is 379 g/mol. The molecule has 0 bridgehead atoms. The zero-order valence-electron chi connectivity index (χ0n) is 13.8. The van der Waals surface area contributed by atoms with E-state index in [1.54, 1.807) is 0 Å². The topological polar surface area (TPSA) is 32.3 Å². The zero-order valence-corrected chi connectivity index (χ0v) is 15.4. The second kappa shape index (κ2) is 8.29. The second-order valence-electron chi connectivity index (χ2n) is 7.02. The van der Waals surface area contributed by atoms with Crippen molar-refractivity contribution in [3.63, 3.8) is 0 Å². The number of carbonyl (C=O) groups excluding carboxylic acids is 1. The summed E-state index contributed by atoms with van der Waals surface area (Å²) in [6.07, 6.45) is 8.22. The number of nitrogens with one attached hydrogen (secondary N) is 1. The van der Waals surface area contributed by atoms with Crippen LogP contribution < -0.4 is 5.32 Å². The molecule has 0 unspecified atom stereocenters. The van der Waals surface area contributed by atoms with E-state index in [-0.39, 0.29) is 5.92 Å². The normalized spacial score (nSPS) is 21.3. The third-order valence-corrected chi connectivity index (χ3v) is 5.76. The number of nitrogens with zero attached hydrogens (tertiary/aromatic N) is 1. The van der Waals surface area contributed by atoms with Crippen molar-refractivity contribution in [2.45, 2.75) is 57.5 Å². The molecule has 2 fully saturated rings. The maximum Gasteiger partial charge on any atom is 0.223 e. The first-order valence-electron chi connectivity index (χ1n) is 8.98. The number of likely N-dealkylation sites (tertiary alicyclic amines) is 1. The Kier molecular flexibility index (Phi) is 6.12. The first kappa shape index (κ1) is 17.0. The monoisotopic (exact) mass is 378 g/mol. The number of hydrogen-bond donors (Lipinski definition) is 1. The highest BCUT2D eigenvalue weighted by Gasteiger charge is 2.26. The first-order valence-corrected chi connectivity index (χ1v) is 9.77. The number of halogens is 1. The fourth-order valence-corrected chi connectivity index (χ4v) is 4.03. The maximum absolute atomic E-state index is 12.4. The van der Waals surface area contributed by atoms with Crippen molar-refractivity contribution >= 4 is 21.8 Å². The van der Waals surface area contributed by atoms with E-state index in [1.165, 1.54) is 37.7 Å². The van der Waals surface area contributed by atoms with E-state index < -0.39 is 0 Å². The van der Waals surface area contributed by atoms with Crippen molar-refractivity contribution in [2.24, 2.45) is 5.92 Å². The number of piperidine rings is 1. The fourth-order valence-electron chi connectivity index (χ4n) is 3.77. The molecule has 1 amide bonds. The van der Waals surface area contributed by atoms with Gasteiger partial charge in [-0.25, -0.2) is 0 Å². The number of benzene rings is 1. The third-order valence-electron chi connectivity index (χ3n) is 5.23. The number of hydrogen-bond acceptors (Lipinski definition) is 2. The van der Waals surface area contributed by atoms with Crippen LogP contribution in [0.3, 0.4) is 0 Å². The van der Waals surface area contributed by atoms with E-state index >= 15 is 0 Å². The molecular formula is C19H27BrN2O. The number of rotatable bonds is 4. The van der Waals surface area contributed by atoms with Crippen LogP contribution in [0.5, 0.6) is 0 Å². The quantitative estimate of drug-likeness (QED) is 0.854. The predicted molar refractivity (Wildman–Crippen MR) is 97.2 cm³/mol. The second-order valence-corrected chi connectivity index (χ2v) is 7.94. The summed E-state index contributed by atoms with van der Waals surface area (Å²) in [6, 6.07) is 8.98. The summed E-state index contributed by atoms with van der Waals surface area (Å²) in [6.45, 7) is 3.04. The molecule has 2 aliphatic rings. The Hall–Kier alpha value is -0.870. The van der Waals surface area contributed by atoms with Gasteiger partial charge in [0.2, 0.25) is 5.91 Å². The largest absolute Gasteiger partial charge is 0.353 e. The number of carbonyl (C=O) groups is 1. The maximum atomic E-state index is 12.4. The Bertz CT molecular complexity index is 503. The van der Waals surface area contributed by atoms with Gasteiger partial charge in [0.1, 0.15) is 0 Å². The average Bonchev–Trinajstić information content (AvgIpc) is 2.58. The van der Waals surface area contributed by atoms with Crippen LogP contribution >= 0.6 is 15.9 Å². The highest BCUT2D eigenvalue weighted by atomic mass is 79.9. The lowest BCUT2D eigenvalue weighted by molar-refractivity contribution is -0.127. The smallest absolute Gasteiger partial charge is 0.223 e. The molecule has 1 aliphatic heterocycles. The first-order chi connectivity index (χ1) is 11.2. The Labute approximate surface area is 148 Å². The van der Waals surface area contributed by atoms with Crippen molar-refractivity contribution in [2.75, 3.05) is 13.1 Å². The summed E-state index contributed by atoms with van der Waals surface area (Å²) < 4.78 is 1.12. The van der Waals surface area contributed by atoms with E-state index in [0.29, 0.717) is 11.9 Å². The van der Waals surface area contributed by atoms with Crippen LogP contribution in [0.15, 0.2) is 28.7 Å². The summed E-state index contributed by atoms with van der Waals surface area (Å²) in [5.74, 6) is 0.526. The van der Waals surface area contributed by atoms with E-state index in [9.17, 15) is 4.79 Å². The van der Waals surface area contributed by atoms with Gasteiger partial charge in [0.05, 0.1) is 0 Å². The lowest BCUT2D eigenvalue weighted by Gasteiger charge is -2.32. The highest BCUT2D eigenvalue weighted by Crippen LogP contribution is 2.22. The molecule has 1 N–H and O–H groups in total. The van der Waals surface area contributed by atoms with Gasteiger partial charge in [-0.15, -0.1) is 0 Å². The lowest BCUT2D eigenvalue weighted by atomic mass is 9.92. The van der Waals surface area contributed by atoms with Gasteiger partial charge in [-0.2, -0.15) is 0 Å². The van der Waals surface area contributed by atoms with Gasteiger partial charge in [0.15, 0.2) is 0 Å². The van der Waals surface area contributed by atoms with E-state index in [1.807, 2.05) is 0 Å². The molecule has 0 radical (unpaired) electrons. The molecule has 0 aromatic heterocycles. The minimum Gasteiger partial charge on any atom is -0.353 e. The van der Waals surface area contributed by atoms with Gasteiger partial charge < -0.3 is 5.32 Å². The molecule has 3 rings (SSSR count). The molecular weight excluding hydrogens is 352 g/mol. The van der Waals surface area contributed by atoms with Gasteiger partial charge in [0, 0.05) is 23.0 Å². The van der Waals surface area contributed by atoms with Crippen LogP contribution in [0.2, 0.25) is 0 Å². The van der Waals surface area contributed by atoms with Gasteiger partial charge in [-0.3, -0.25) is 9.69 Å². The third kappa shape index (κ3) is 5.05. The summed E-state index contributed by atoms with van der Waals surface area (Å²) >= 11 is 3.48. The van der Waals surface area contributed by atoms with Crippen molar-refractivity contribution in [3.8, 4) is 0 Å². The SMILES string of the molecule is O=C(NC1CCCCC1)C1CCN(Cc2ccc(Br)cc2)CC1. The molecule has 4 heteroatoms. The van der Waals surface area contributed by atoms with Crippen molar-refractivity contribution in [1.82, 2.24) is 10.2 Å². The summed E-state index contributed by atoms with van der Waals surface area (Å²) in [5.41, 5.74) is 1.35. The van der Waals surface area contributed by atoms with Crippen LogP contribution in [0.25, 0.3) is 0 Å². The molecule has 1 heterocycles. The van der Waals surface area contributed by atoms with E-state index in [4.69, 9.17) is 0 Å². The van der Waals surface area contributed by atoms with Crippen LogP contribution in [-0.4, -0.2) is 29.9 Å². The number of amides is 1. The molecule has 1 aromatic carbocycles. The Morgan fingerprint density at radius 1 is 1.04 bits per heavy atom. The van der Waals surface area contributed by atoms with Crippen molar-refractivity contribution in [3.05, 3.63) is 34.3 Å². The molecule has 23 heavy (non-hydrogen) atoms. The summed E-state index contributed by atoms with van der Waals surface area (Å²) in [5, 5.41) is 3.30. The molecule has 1 aliphatic carbocycles. The van der Waals surface area contributed by atoms with Gasteiger partial charge in [-0.05, 0) is 56.5 Å². The van der Waals surface area contributed by atoms with Crippen LogP contribution in [-0.2, 0) is 11.3 Å². The van der Waals surface area contributed by atoms with Crippen molar-refractivity contribution < 1.29 is 4.79 Å². The van der Waals surface area contributed by atoms with Crippen LogP contribution in [0, 0.1) is 5.92 Å². The Morgan fingerprint density at radius 2 is 1.70 bits per heavy atom. The lowest BCUT2D eigenvalue weighted by Crippen LogP contribution is -2.44. The summed E-state index contributed by atoms with van der Waals surface area (Å²) in [7, 11) is 0. The molecule has 0 atom stereocenters. The molecule has 3 nitrogen and oxygen atoms in total. The van der Waals surface area contributed by atoms with Gasteiger partial charge in [-0.1, -0.05) is 47.3 Å². The molecule has 1 saturated heterocycles. The van der Waals surface area contributed by atoms with Crippen LogP contribution in [0.4, 0.5) is 0 Å².